The van der Waals surface area contributed by atoms with Gasteiger partial charge in [-0.25, -0.2) is 4.39 Å². The van der Waals surface area contributed by atoms with Crippen molar-refractivity contribution in [3.8, 4) is 0 Å². The molecule has 2 rings (SSSR count). The van der Waals surface area contributed by atoms with Gasteiger partial charge in [-0.3, -0.25) is 4.79 Å². The number of amides is 1. The normalized spacial score (nSPS) is 16.9. The fourth-order valence-corrected chi connectivity index (χ4v) is 1.93. The van der Waals surface area contributed by atoms with E-state index in [0.29, 0.717) is 5.56 Å². The molecule has 0 radical (unpaired) electrons. The molecule has 1 aromatic carbocycles. The standard InChI is InChI=1S/C12H13BrFNO/c1-12(4-5-12)15-11(16)7-8-6-9(14)2-3-10(8)13/h2-3,6H,4-5,7H2,1H3,(H,15,16). The van der Waals surface area contributed by atoms with Crippen molar-refractivity contribution >= 4 is 21.8 Å². The van der Waals surface area contributed by atoms with Crippen LogP contribution in [0.2, 0.25) is 0 Å². The number of halogens is 2. The van der Waals surface area contributed by atoms with Gasteiger partial charge in [0.1, 0.15) is 5.82 Å². The maximum Gasteiger partial charge on any atom is 0.224 e. The van der Waals surface area contributed by atoms with E-state index in [4.69, 9.17) is 0 Å². The number of benzene rings is 1. The highest BCUT2D eigenvalue weighted by Gasteiger charge is 2.38. The van der Waals surface area contributed by atoms with E-state index in [1.807, 2.05) is 6.92 Å². The molecule has 1 aliphatic rings. The molecule has 1 saturated carbocycles. The third-order valence-corrected chi connectivity index (χ3v) is 3.57. The first-order valence-corrected chi connectivity index (χ1v) is 6.03. The van der Waals surface area contributed by atoms with Crippen LogP contribution >= 0.6 is 15.9 Å². The first-order valence-electron chi connectivity index (χ1n) is 5.23. The highest BCUT2D eigenvalue weighted by Crippen LogP contribution is 2.34. The van der Waals surface area contributed by atoms with Crippen molar-refractivity contribution in [1.82, 2.24) is 5.32 Å². The minimum Gasteiger partial charge on any atom is -0.351 e. The van der Waals surface area contributed by atoms with Crippen LogP contribution in [0.25, 0.3) is 0 Å². The average Bonchev–Trinajstić information content (AvgIpc) is 2.89. The van der Waals surface area contributed by atoms with Crippen molar-refractivity contribution < 1.29 is 9.18 Å². The van der Waals surface area contributed by atoms with E-state index in [9.17, 15) is 9.18 Å². The summed E-state index contributed by atoms with van der Waals surface area (Å²) in [6, 6.07) is 4.38. The summed E-state index contributed by atoms with van der Waals surface area (Å²) in [6.07, 6.45) is 2.28. The van der Waals surface area contributed by atoms with Gasteiger partial charge in [0.15, 0.2) is 0 Å². The second-order valence-electron chi connectivity index (χ2n) is 4.52. The number of rotatable bonds is 3. The first-order chi connectivity index (χ1) is 7.48. The molecular formula is C12H13BrFNO. The van der Waals surface area contributed by atoms with E-state index >= 15 is 0 Å². The highest BCUT2D eigenvalue weighted by atomic mass is 79.9. The molecule has 86 valence electrons. The molecule has 1 aromatic rings. The first kappa shape index (κ1) is 11.6. The summed E-state index contributed by atoms with van der Waals surface area (Å²) in [6.45, 7) is 2.02. The zero-order chi connectivity index (χ0) is 11.8. The number of hydrogen-bond donors (Lipinski definition) is 1. The molecule has 0 atom stereocenters. The lowest BCUT2D eigenvalue weighted by Gasteiger charge is -2.12. The highest BCUT2D eigenvalue weighted by molar-refractivity contribution is 9.10. The van der Waals surface area contributed by atoms with Gasteiger partial charge in [-0.05, 0) is 43.5 Å². The van der Waals surface area contributed by atoms with Crippen LogP contribution in [0.4, 0.5) is 4.39 Å². The van der Waals surface area contributed by atoms with E-state index in [1.165, 1.54) is 12.1 Å². The molecule has 0 aromatic heterocycles. The van der Waals surface area contributed by atoms with Gasteiger partial charge >= 0.3 is 0 Å². The van der Waals surface area contributed by atoms with E-state index < -0.39 is 0 Å². The molecule has 0 spiro atoms. The molecule has 4 heteroatoms. The zero-order valence-corrected chi connectivity index (χ0v) is 10.6. The molecule has 16 heavy (non-hydrogen) atoms. The second kappa shape index (κ2) is 4.17. The van der Waals surface area contributed by atoms with Crippen molar-refractivity contribution in [3.63, 3.8) is 0 Å². The van der Waals surface area contributed by atoms with E-state index in [1.54, 1.807) is 6.07 Å². The largest absolute Gasteiger partial charge is 0.351 e. The fraction of sp³-hybridized carbons (Fsp3) is 0.417. The Morgan fingerprint density at radius 1 is 1.56 bits per heavy atom. The molecule has 0 aliphatic heterocycles. The third-order valence-electron chi connectivity index (χ3n) is 2.80. The molecule has 0 heterocycles. The molecule has 0 saturated heterocycles. The Balaban J connectivity index is 2.02. The molecule has 1 fully saturated rings. The molecule has 1 N–H and O–H groups in total. The van der Waals surface area contributed by atoms with Crippen molar-refractivity contribution in [1.29, 1.82) is 0 Å². The molecule has 0 bridgehead atoms. The van der Waals surface area contributed by atoms with Gasteiger partial charge in [0.05, 0.1) is 6.42 Å². The van der Waals surface area contributed by atoms with Gasteiger partial charge in [-0.2, -0.15) is 0 Å². The van der Waals surface area contributed by atoms with E-state index in [2.05, 4.69) is 21.2 Å². The molecule has 2 nitrogen and oxygen atoms in total. The summed E-state index contributed by atoms with van der Waals surface area (Å²) < 4.78 is 13.8. The van der Waals surface area contributed by atoms with Crippen LogP contribution in [0.5, 0.6) is 0 Å². The Morgan fingerprint density at radius 3 is 2.88 bits per heavy atom. The van der Waals surface area contributed by atoms with Crippen molar-refractivity contribution in [2.24, 2.45) is 0 Å². The predicted molar refractivity (Wildman–Crippen MR) is 63.6 cm³/mol. The molecule has 1 aliphatic carbocycles. The van der Waals surface area contributed by atoms with Gasteiger partial charge < -0.3 is 5.32 Å². The van der Waals surface area contributed by atoms with Gasteiger partial charge in [0.25, 0.3) is 0 Å². The summed E-state index contributed by atoms with van der Waals surface area (Å²) in [5.41, 5.74) is 0.665. The molecule has 0 unspecified atom stereocenters. The summed E-state index contributed by atoms with van der Waals surface area (Å²) in [5, 5.41) is 2.94. The topological polar surface area (TPSA) is 29.1 Å². The van der Waals surface area contributed by atoms with E-state index in [0.717, 1.165) is 17.3 Å². The van der Waals surface area contributed by atoms with Crippen LogP contribution in [0.3, 0.4) is 0 Å². The lowest BCUT2D eigenvalue weighted by atomic mass is 10.1. The Morgan fingerprint density at radius 2 is 2.25 bits per heavy atom. The van der Waals surface area contributed by atoms with Gasteiger partial charge in [-0.1, -0.05) is 15.9 Å². The van der Waals surface area contributed by atoms with Crippen molar-refractivity contribution in [2.75, 3.05) is 0 Å². The Labute approximate surface area is 102 Å². The molecule has 1 amide bonds. The summed E-state index contributed by atoms with van der Waals surface area (Å²) in [7, 11) is 0. The summed E-state index contributed by atoms with van der Waals surface area (Å²) in [5.74, 6) is -0.366. The number of hydrogen-bond acceptors (Lipinski definition) is 1. The number of carbonyl (C=O) groups is 1. The zero-order valence-electron chi connectivity index (χ0n) is 9.02. The number of carbonyl (C=O) groups excluding carboxylic acids is 1. The van der Waals surface area contributed by atoms with Gasteiger partial charge in [-0.15, -0.1) is 0 Å². The second-order valence-corrected chi connectivity index (χ2v) is 5.38. The summed E-state index contributed by atoms with van der Waals surface area (Å²) >= 11 is 3.31. The SMILES string of the molecule is CC1(NC(=O)Cc2cc(F)ccc2Br)CC1. The van der Waals surface area contributed by atoms with Crippen LogP contribution < -0.4 is 5.32 Å². The quantitative estimate of drug-likeness (QED) is 0.909. The van der Waals surface area contributed by atoms with Gasteiger partial charge in [0.2, 0.25) is 5.91 Å². The fourth-order valence-electron chi connectivity index (χ4n) is 1.55. The lowest BCUT2D eigenvalue weighted by molar-refractivity contribution is -0.121. The smallest absolute Gasteiger partial charge is 0.224 e. The van der Waals surface area contributed by atoms with E-state index in [-0.39, 0.29) is 23.7 Å². The van der Waals surface area contributed by atoms with Crippen molar-refractivity contribution in [3.05, 3.63) is 34.1 Å². The average molecular weight is 286 g/mol. The molecular weight excluding hydrogens is 273 g/mol. The Hall–Kier alpha value is -0.900. The maximum atomic E-state index is 13.0. The Bertz CT molecular complexity index is 429. The number of nitrogens with one attached hydrogen (secondary N) is 1. The van der Waals surface area contributed by atoms with Crippen LogP contribution in [-0.4, -0.2) is 11.4 Å². The van der Waals surface area contributed by atoms with Crippen LogP contribution in [0, 0.1) is 5.82 Å². The maximum absolute atomic E-state index is 13.0. The van der Waals surface area contributed by atoms with Crippen LogP contribution in [0.15, 0.2) is 22.7 Å². The van der Waals surface area contributed by atoms with Gasteiger partial charge in [0, 0.05) is 10.0 Å². The monoisotopic (exact) mass is 285 g/mol. The minimum absolute atomic E-state index is 0.0170. The third kappa shape index (κ3) is 2.82. The van der Waals surface area contributed by atoms with Crippen LogP contribution in [0.1, 0.15) is 25.3 Å². The van der Waals surface area contributed by atoms with Crippen LogP contribution in [-0.2, 0) is 11.2 Å². The predicted octanol–water partition coefficient (Wildman–Crippen LogP) is 2.80. The Kier molecular flexibility index (Phi) is 3.02. The summed E-state index contributed by atoms with van der Waals surface area (Å²) in [4.78, 5) is 11.7. The lowest BCUT2D eigenvalue weighted by Crippen LogP contribution is -2.35. The minimum atomic E-state index is -0.316. The van der Waals surface area contributed by atoms with Crippen molar-refractivity contribution in [2.45, 2.75) is 31.7 Å².